The molecule has 0 aliphatic carbocycles. The number of hydrogen-bond acceptors (Lipinski definition) is 4. The lowest BCUT2D eigenvalue weighted by molar-refractivity contribution is -0.146. The van der Waals surface area contributed by atoms with E-state index in [1.807, 2.05) is 24.3 Å². The lowest BCUT2D eigenvalue weighted by Gasteiger charge is -2.33. The Morgan fingerprint density at radius 1 is 1.38 bits per heavy atom. The first-order valence-corrected chi connectivity index (χ1v) is 8.78. The Hall–Kier alpha value is -1.06. The van der Waals surface area contributed by atoms with Crippen molar-refractivity contribution in [3.63, 3.8) is 0 Å². The lowest BCUT2D eigenvalue weighted by Crippen LogP contribution is -2.47. The standard InChI is InChI=1S/C18H26ClN3O3.HI/c1-20-18(22-9-7-13(8-10-22)17(23)25-3)21-12-16(24-2)14-5-4-6-15(19)11-14;/h4-6,11,13,16H,7-10,12H2,1-3H3,(H,20,21);1H. The first-order valence-electron chi connectivity index (χ1n) is 8.40. The predicted molar refractivity (Wildman–Crippen MR) is 114 cm³/mol. The SMILES string of the molecule is CN=C(NCC(OC)c1cccc(Cl)c1)N1CCC(C(=O)OC)CC1.I. The summed E-state index contributed by atoms with van der Waals surface area (Å²) in [5, 5.41) is 4.05. The van der Waals surface area contributed by atoms with Gasteiger partial charge in [0.05, 0.1) is 19.1 Å². The van der Waals surface area contributed by atoms with Crippen molar-refractivity contribution < 1.29 is 14.3 Å². The fourth-order valence-electron chi connectivity index (χ4n) is 3.05. The second-order valence-electron chi connectivity index (χ2n) is 5.99. The summed E-state index contributed by atoms with van der Waals surface area (Å²) < 4.78 is 10.4. The van der Waals surface area contributed by atoms with E-state index in [0.29, 0.717) is 11.6 Å². The highest BCUT2D eigenvalue weighted by molar-refractivity contribution is 14.0. The number of nitrogens with one attached hydrogen (secondary N) is 1. The molecule has 146 valence electrons. The summed E-state index contributed by atoms with van der Waals surface area (Å²) in [6.07, 6.45) is 1.42. The average Bonchev–Trinajstić information content (AvgIpc) is 2.65. The molecule has 8 heteroatoms. The van der Waals surface area contributed by atoms with Crippen LogP contribution in [0.25, 0.3) is 0 Å². The number of nitrogens with zero attached hydrogens (tertiary/aromatic N) is 2. The van der Waals surface area contributed by atoms with Crippen LogP contribution in [0.3, 0.4) is 0 Å². The first kappa shape index (κ1) is 23.0. The first-order chi connectivity index (χ1) is 12.1. The molecule has 1 fully saturated rings. The van der Waals surface area contributed by atoms with Crippen LogP contribution >= 0.6 is 35.6 Å². The van der Waals surface area contributed by atoms with Crippen molar-refractivity contribution in [1.29, 1.82) is 0 Å². The smallest absolute Gasteiger partial charge is 0.308 e. The van der Waals surface area contributed by atoms with Gasteiger partial charge in [-0.1, -0.05) is 23.7 Å². The molecular weight excluding hydrogens is 469 g/mol. The molecule has 1 atom stereocenters. The van der Waals surface area contributed by atoms with Gasteiger partial charge >= 0.3 is 5.97 Å². The van der Waals surface area contributed by atoms with Crippen LogP contribution in [0.5, 0.6) is 0 Å². The number of likely N-dealkylation sites (tertiary alicyclic amines) is 1. The molecule has 1 heterocycles. The molecule has 0 radical (unpaired) electrons. The number of hydrogen-bond donors (Lipinski definition) is 1. The zero-order chi connectivity index (χ0) is 18.2. The molecule has 26 heavy (non-hydrogen) atoms. The van der Waals surface area contributed by atoms with Crippen LogP contribution in [0.2, 0.25) is 5.02 Å². The summed E-state index contributed by atoms with van der Waals surface area (Å²) in [4.78, 5) is 18.1. The normalized spacial score (nSPS) is 16.6. The van der Waals surface area contributed by atoms with Gasteiger partial charge in [0.25, 0.3) is 0 Å². The number of piperidine rings is 1. The molecule has 2 rings (SSSR count). The van der Waals surface area contributed by atoms with Crippen LogP contribution in [0.4, 0.5) is 0 Å². The van der Waals surface area contributed by atoms with Crippen LogP contribution in [0, 0.1) is 5.92 Å². The van der Waals surface area contributed by atoms with Gasteiger partial charge in [0, 0.05) is 38.8 Å². The Labute approximate surface area is 177 Å². The minimum atomic E-state index is -0.122. The van der Waals surface area contributed by atoms with Crippen LogP contribution < -0.4 is 5.32 Å². The molecule has 0 saturated carbocycles. The van der Waals surface area contributed by atoms with E-state index in [-0.39, 0.29) is 42.0 Å². The summed E-state index contributed by atoms with van der Waals surface area (Å²) in [7, 11) is 4.88. The van der Waals surface area contributed by atoms with E-state index in [1.54, 1.807) is 14.2 Å². The maximum atomic E-state index is 11.6. The highest BCUT2D eigenvalue weighted by Crippen LogP contribution is 2.21. The number of benzene rings is 1. The molecule has 1 unspecified atom stereocenters. The quantitative estimate of drug-likeness (QED) is 0.294. The fraction of sp³-hybridized carbons (Fsp3) is 0.556. The Kier molecular flexibility index (Phi) is 10.3. The second-order valence-corrected chi connectivity index (χ2v) is 6.43. The maximum absolute atomic E-state index is 11.6. The van der Waals surface area contributed by atoms with Gasteiger partial charge in [0.2, 0.25) is 0 Å². The Bertz CT molecular complexity index is 607. The Morgan fingerprint density at radius 3 is 2.62 bits per heavy atom. The van der Waals surface area contributed by atoms with Crippen molar-refractivity contribution in [1.82, 2.24) is 10.2 Å². The number of methoxy groups -OCH3 is 2. The largest absolute Gasteiger partial charge is 0.469 e. The highest BCUT2D eigenvalue weighted by Gasteiger charge is 2.27. The number of carbonyl (C=O) groups is 1. The molecule has 0 amide bonds. The molecule has 1 aromatic carbocycles. The number of esters is 1. The zero-order valence-corrected chi connectivity index (χ0v) is 18.5. The van der Waals surface area contributed by atoms with Gasteiger partial charge in [-0.3, -0.25) is 9.79 Å². The molecule has 1 aliphatic rings. The van der Waals surface area contributed by atoms with E-state index >= 15 is 0 Å². The molecule has 1 aromatic rings. The van der Waals surface area contributed by atoms with Crippen molar-refractivity contribution >= 4 is 47.5 Å². The summed E-state index contributed by atoms with van der Waals surface area (Å²) in [6.45, 7) is 2.13. The summed E-state index contributed by atoms with van der Waals surface area (Å²) in [5.41, 5.74) is 1.02. The van der Waals surface area contributed by atoms with Crippen molar-refractivity contribution in [3.05, 3.63) is 34.9 Å². The second kappa shape index (κ2) is 11.6. The molecule has 1 saturated heterocycles. The topological polar surface area (TPSA) is 63.2 Å². The minimum absolute atomic E-state index is 0. The van der Waals surface area contributed by atoms with Gasteiger partial charge < -0.3 is 19.7 Å². The van der Waals surface area contributed by atoms with Gasteiger partial charge in [-0.15, -0.1) is 24.0 Å². The van der Waals surface area contributed by atoms with Gasteiger partial charge in [0.1, 0.15) is 0 Å². The van der Waals surface area contributed by atoms with E-state index in [9.17, 15) is 4.79 Å². The summed E-state index contributed by atoms with van der Waals surface area (Å²) in [5.74, 6) is 0.674. The van der Waals surface area contributed by atoms with Crippen molar-refractivity contribution in [2.24, 2.45) is 10.9 Å². The van der Waals surface area contributed by atoms with E-state index in [1.165, 1.54) is 7.11 Å². The molecule has 0 spiro atoms. The number of rotatable bonds is 5. The number of halogens is 2. The Balaban J connectivity index is 0.00000338. The van der Waals surface area contributed by atoms with E-state index in [0.717, 1.165) is 37.5 Å². The Morgan fingerprint density at radius 2 is 2.08 bits per heavy atom. The summed E-state index contributed by atoms with van der Waals surface area (Å²) >= 11 is 6.06. The zero-order valence-electron chi connectivity index (χ0n) is 15.4. The lowest BCUT2D eigenvalue weighted by atomic mass is 9.97. The van der Waals surface area contributed by atoms with Gasteiger partial charge in [0.15, 0.2) is 5.96 Å². The number of aliphatic imine (C=N–C) groups is 1. The third kappa shape index (κ3) is 6.28. The maximum Gasteiger partial charge on any atom is 0.308 e. The number of ether oxygens (including phenoxy) is 2. The minimum Gasteiger partial charge on any atom is -0.469 e. The third-order valence-electron chi connectivity index (χ3n) is 4.49. The summed E-state index contributed by atoms with van der Waals surface area (Å²) in [6, 6.07) is 7.65. The predicted octanol–water partition coefficient (Wildman–Crippen LogP) is 3.11. The molecule has 0 aromatic heterocycles. The van der Waals surface area contributed by atoms with Gasteiger partial charge in [-0.05, 0) is 30.5 Å². The van der Waals surface area contributed by atoms with Crippen molar-refractivity contribution in [2.75, 3.05) is 40.9 Å². The van der Waals surface area contributed by atoms with E-state index in [2.05, 4.69) is 15.2 Å². The molecule has 0 bridgehead atoms. The fourth-order valence-corrected chi connectivity index (χ4v) is 3.25. The van der Waals surface area contributed by atoms with Crippen LogP contribution in [-0.2, 0) is 14.3 Å². The van der Waals surface area contributed by atoms with Gasteiger partial charge in [-0.2, -0.15) is 0 Å². The van der Waals surface area contributed by atoms with Crippen molar-refractivity contribution in [3.8, 4) is 0 Å². The average molecular weight is 496 g/mol. The molecular formula is C18H27ClIN3O3. The van der Waals surface area contributed by atoms with Gasteiger partial charge in [-0.25, -0.2) is 0 Å². The molecule has 1 aliphatic heterocycles. The van der Waals surface area contributed by atoms with Crippen LogP contribution in [0.15, 0.2) is 29.3 Å². The van der Waals surface area contributed by atoms with E-state index in [4.69, 9.17) is 21.1 Å². The molecule has 6 nitrogen and oxygen atoms in total. The van der Waals surface area contributed by atoms with E-state index < -0.39 is 0 Å². The number of carbonyl (C=O) groups excluding carboxylic acids is 1. The van der Waals surface area contributed by atoms with Crippen LogP contribution in [0.1, 0.15) is 24.5 Å². The van der Waals surface area contributed by atoms with Crippen LogP contribution in [-0.4, -0.2) is 57.7 Å². The van der Waals surface area contributed by atoms with Crippen molar-refractivity contribution in [2.45, 2.75) is 18.9 Å². The highest BCUT2D eigenvalue weighted by atomic mass is 127. The number of guanidine groups is 1. The molecule has 1 N–H and O–H groups in total. The monoisotopic (exact) mass is 495 g/mol. The third-order valence-corrected chi connectivity index (χ3v) is 4.73.